The molecule has 0 amide bonds. The van der Waals surface area contributed by atoms with Gasteiger partial charge >= 0.3 is 5.97 Å². The van der Waals surface area contributed by atoms with E-state index in [0.717, 1.165) is 18.7 Å². The van der Waals surface area contributed by atoms with Crippen molar-refractivity contribution in [1.82, 2.24) is 9.88 Å². The van der Waals surface area contributed by atoms with Crippen molar-refractivity contribution in [3.8, 4) is 6.07 Å². The van der Waals surface area contributed by atoms with Crippen molar-refractivity contribution >= 4 is 5.97 Å². The molecular formula is C13H17N3O2. The van der Waals surface area contributed by atoms with Gasteiger partial charge in [-0.15, -0.1) is 0 Å². The molecule has 0 aliphatic carbocycles. The molecule has 0 aromatic carbocycles. The molecule has 0 radical (unpaired) electrons. The van der Waals surface area contributed by atoms with Crippen LogP contribution in [0.4, 0.5) is 0 Å². The molecule has 0 aliphatic rings. The summed E-state index contributed by atoms with van der Waals surface area (Å²) in [6, 6.07) is 5.60. The fourth-order valence-corrected chi connectivity index (χ4v) is 1.62. The molecule has 96 valence electrons. The number of hydrogen-bond donors (Lipinski definition) is 0. The van der Waals surface area contributed by atoms with E-state index in [1.165, 1.54) is 13.3 Å². The van der Waals surface area contributed by atoms with Crippen molar-refractivity contribution in [3.05, 3.63) is 29.6 Å². The Morgan fingerprint density at radius 1 is 1.56 bits per heavy atom. The van der Waals surface area contributed by atoms with Gasteiger partial charge in [-0.3, -0.25) is 9.88 Å². The number of hydrogen-bond acceptors (Lipinski definition) is 5. The van der Waals surface area contributed by atoms with E-state index in [4.69, 9.17) is 5.26 Å². The van der Waals surface area contributed by atoms with Gasteiger partial charge in [-0.05, 0) is 25.1 Å². The van der Waals surface area contributed by atoms with Crippen LogP contribution in [0.5, 0.6) is 0 Å². The molecule has 0 saturated heterocycles. The lowest BCUT2D eigenvalue weighted by Crippen LogP contribution is -2.24. The van der Waals surface area contributed by atoms with Gasteiger partial charge < -0.3 is 4.74 Å². The number of pyridine rings is 1. The number of carbonyl (C=O) groups is 1. The second-order valence-corrected chi connectivity index (χ2v) is 3.90. The number of carbonyl (C=O) groups excluding carboxylic acids is 1. The quantitative estimate of drug-likeness (QED) is 0.564. The Balaban J connectivity index is 2.67. The van der Waals surface area contributed by atoms with Gasteiger partial charge in [-0.1, -0.05) is 6.92 Å². The Labute approximate surface area is 107 Å². The van der Waals surface area contributed by atoms with Crippen LogP contribution in [0.1, 0.15) is 29.4 Å². The highest BCUT2D eigenvalue weighted by atomic mass is 16.5. The van der Waals surface area contributed by atoms with Crippen LogP contribution in [0.2, 0.25) is 0 Å². The predicted octanol–water partition coefficient (Wildman–Crippen LogP) is 1.60. The van der Waals surface area contributed by atoms with E-state index in [9.17, 15) is 4.79 Å². The number of nitrogens with zero attached hydrogens (tertiary/aromatic N) is 3. The summed E-state index contributed by atoms with van der Waals surface area (Å²) < 4.78 is 4.60. The number of nitriles is 1. The van der Waals surface area contributed by atoms with E-state index in [1.54, 1.807) is 12.1 Å². The summed E-state index contributed by atoms with van der Waals surface area (Å²) in [6.45, 7) is 3.92. The number of aromatic nitrogens is 1. The van der Waals surface area contributed by atoms with Gasteiger partial charge in [0.15, 0.2) is 0 Å². The average Bonchev–Trinajstić information content (AvgIpc) is 2.39. The maximum Gasteiger partial charge on any atom is 0.339 e. The molecule has 0 fully saturated rings. The molecule has 0 unspecified atom stereocenters. The highest BCUT2D eigenvalue weighted by Crippen LogP contribution is 2.05. The molecular weight excluding hydrogens is 230 g/mol. The Hall–Kier alpha value is -1.93. The number of methoxy groups -OCH3 is 1. The number of ether oxygens (including phenoxy) is 1. The third kappa shape index (κ3) is 4.15. The standard InChI is InChI=1S/C13H17N3O2/c1-3-7-16(8-6-14)10-12-5-4-11(9-15-12)13(17)18-2/h4-5,9H,3,7-8,10H2,1-2H3. The predicted molar refractivity (Wildman–Crippen MR) is 66.8 cm³/mol. The first-order chi connectivity index (χ1) is 8.71. The van der Waals surface area contributed by atoms with Crippen LogP contribution >= 0.6 is 0 Å². The number of rotatable bonds is 6. The van der Waals surface area contributed by atoms with Gasteiger partial charge in [0.25, 0.3) is 0 Å². The molecule has 0 N–H and O–H groups in total. The Morgan fingerprint density at radius 3 is 2.83 bits per heavy atom. The zero-order valence-electron chi connectivity index (χ0n) is 10.7. The fraction of sp³-hybridized carbons (Fsp3) is 0.462. The minimum Gasteiger partial charge on any atom is -0.465 e. The minimum atomic E-state index is -0.392. The third-order valence-electron chi connectivity index (χ3n) is 2.47. The van der Waals surface area contributed by atoms with Crippen LogP contribution in [0.15, 0.2) is 18.3 Å². The molecule has 1 heterocycles. The molecule has 18 heavy (non-hydrogen) atoms. The Kier molecular flexibility index (Phi) is 5.81. The first-order valence-electron chi connectivity index (χ1n) is 5.83. The molecule has 0 saturated carbocycles. The molecule has 1 aromatic heterocycles. The van der Waals surface area contributed by atoms with Gasteiger partial charge in [0.2, 0.25) is 0 Å². The van der Waals surface area contributed by atoms with E-state index in [1.807, 2.05) is 4.90 Å². The third-order valence-corrected chi connectivity index (χ3v) is 2.47. The Bertz CT molecular complexity index is 423. The lowest BCUT2D eigenvalue weighted by Gasteiger charge is -2.17. The summed E-state index contributed by atoms with van der Waals surface area (Å²) in [5, 5.41) is 8.72. The summed E-state index contributed by atoms with van der Waals surface area (Å²) in [5.74, 6) is -0.392. The second kappa shape index (κ2) is 7.41. The summed E-state index contributed by atoms with van der Waals surface area (Å²) in [6.07, 6.45) is 2.49. The van der Waals surface area contributed by atoms with Crippen LogP contribution in [0.25, 0.3) is 0 Å². The van der Waals surface area contributed by atoms with E-state index in [2.05, 4.69) is 22.7 Å². The maximum atomic E-state index is 11.2. The van der Waals surface area contributed by atoms with Crippen LogP contribution < -0.4 is 0 Å². The number of esters is 1. The van der Waals surface area contributed by atoms with Gasteiger partial charge in [0, 0.05) is 12.7 Å². The highest BCUT2D eigenvalue weighted by Gasteiger charge is 2.08. The smallest absolute Gasteiger partial charge is 0.339 e. The second-order valence-electron chi connectivity index (χ2n) is 3.90. The van der Waals surface area contributed by atoms with E-state index in [-0.39, 0.29) is 0 Å². The van der Waals surface area contributed by atoms with Gasteiger partial charge in [-0.25, -0.2) is 4.79 Å². The lowest BCUT2D eigenvalue weighted by molar-refractivity contribution is 0.0600. The summed E-state index contributed by atoms with van der Waals surface area (Å²) in [7, 11) is 1.34. The zero-order valence-corrected chi connectivity index (χ0v) is 10.7. The van der Waals surface area contributed by atoms with E-state index < -0.39 is 5.97 Å². The molecule has 0 bridgehead atoms. The van der Waals surface area contributed by atoms with Gasteiger partial charge in [-0.2, -0.15) is 5.26 Å². The summed E-state index contributed by atoms with van der Waals surface area (Å²) in [4.78, 5) is 17.5. The van der Waals surface area contributed by atoms with E-state index >= 15 is 0 Å². The van der Waals surface area contributed by atoms with Crippen molar-refractivity contribution in [1.29, 1.82) is 5.26 Å². The van der Waals surface area contributed by atoms with Crippen molar-refractivity contribution in [2.75, 3.05) is 20.2 Å². The summed E-state index contributed by atoms with van der Waals surface area (Å²) >= 11 is 0. The lowest BCUT2D eigenvalue weighted by atomic mass is 10.2. The zero-order chi connectivity index (χ0) is 13.4. The van der Waals surface area contributed by atoms with Crippen molar-refractivity contribution in [3.63, 3.8) is 0 Å². The van der Waals surface area contributed by atoms with Crippen molar-refractivity contribution in [2.24, 2.45) is 0 Å². The van der Waals surface area contributed by atoms with Gasteiger partial charge in [0.1, 0.15) is 0 Å². The minimum absolute atomic E-state index is 0.383. The maximum absolute atomic E-state index is 11.2. The first kappa shape index (κ1) is 14.1. The van der Waals surface area contributed by atoms with Crippen LogP contribution in [-0.2, 0) is 11.3 Å². The molecule has 0 spiro atoms. The normalized spacial score (nSPS) is 10.1. The topological polar surface area (TPSA) is 66.2 Å². The van der Waals surface area contributed by atoms with Crippen molar-refractivity contribution in [2.45, 2.75) is 19.9 Å². The average molecular weight is 247 g/mol. The molecule has 0 aliphatic heterocycles. The monoisotopic (exact) mass is 247 g/mol. The summed E-state index contributed by atoms with van der Waals surface area (Å²) in [5.41, 5.74) is 1.27. The van der Waals surface area contributed by atoms with Crippen molar-refractivity contribution < 1.29 is 9.53 Å². The largest absolute Gasteiger partial charge is 0.465 e. The van der Waals surface area contributed by atoms with Crippen LogP contribution in [0.3, 0.4) is 0 Å². The van der Waals surface area contributed by atoms with E-state index in [0.29, 0.717) is 18.7 Å². The molecule has 5 nitrogen and oxygen atoms in total. The van der Waals surface area contributed by atoms with Crippen LogP contribution in [0, 0.1) is 11.3 Å². The molecule has 1 rings (SSSR count). The Morgan fingerprint density at radius 2 is 2.33 bits per heavy atom. The molecule has 0 atom stereocenters. The molecule has 5 heteroatoms. The first-order valence-corrected chi connectivity index (χ1v) is 5.83. The SMILES string of the molecule is CCCN(CC#N)Cc1ccc(C(=O)OC)cn1. The highest BCUT2D eigenvalue weighted by molar-refractivity contribution is 5.88. The molecule has 1 aromatic rings. The van der Waals surface area contributed by atoms with Gasteiger partial charge in [0.05, 0.1) is 31.0 Å². The van der Waals surface area contributed by atoms with Crippen LogP contribution in [-0.4, -0.2) is 36.1 Å². The fourth-order valence-electron chi connectivity index (χ4n) is 1.62.